The Morgan fingerprint density at radius 2 is 1.80 bits per heavy atom. The number of anilines is 1. The van der Waals surface area contributed by atoms with Gasteiger partial charge in [-0.05, 0) is 46.1 Å². The molecule has 0 aliphatic heterocycles. The average molecular weight is 364 g/mol. The Hall–Kier alpha value is -2.15. The van der Waals surface area contributed by atoms with Crippen LogP contribution in [0.1, 0.15) is 47.5 Å². The van der Waals surface area contributed by atoms with Gasteiger partial charge in [0.1, 0.15) is 5.00 Å². The lowest BCUT2D eigenvalue weighted by atomic mass is 9.82. The fraction of sp³-hybridized carbons (Fsp3) is 0.500. The summed E-state index contributed by atoms with van der Waals surface area (Å²) in [6.07, 6.45) is 3.86. The molecule has 0 radical (unpaired) electrons. The van der Waals surface area contributed by atoms with Crippen LogP contribution in [0, 0.1) is 25.7 Å². The van der Waals surface area contributed by atoms with Crippen molar-refractivity contribution in [1.82, 2.24) is 0 Å². The first-order valence-electron chi connectivity index (χ1n) is 8.20. The Balaban J connectivity index is 2.26. The quantitative estimate of drug-likeness (QED) is 0.638. The Kier molecular flexibility index (Phi) is 6.00. The van der Waals surface area contributed by atoms with Crippen LogP contribution in [0.5, 0.6) is 0 Å². The van der Waals surface area contributed by atoms with Crippen LogP contribution in [-0.2, 0) is 14.3 Å². The molecule has 6 nitrogen and oxygen atoms in total. The maximum atomic E-state index is 12.6. The largest absolute Gasteiger partial charge is 0.550 e. The van der Waals surface area contributed by atoms with E-state index >= 15 is 0 Å². The Bertz CT molecular complexity index is 719. The number of aryl methyl sites for hydroxylation is 1. The lowest BCUT2D eigenvalue weighted by molar-refractivity contribution is -0.313. The third-order valence-corrected chi connectivity index (χ3v) is 5.36. The van der Waals surface area contributed by atoms with Crippen molar-refractivity contribution in [1.29, 1.82) is 0 Å². The molecule has 0 saturated carbocycles. The van der Waals surface area contributed by atoms with Crippen LogP contribution < -0.4 is 10.4 Å². The molecular formula is C18H22NO5S-. The number of rotatable bonds is 5. The van der Waals surface area contributed by atoms with Crippen LogP contribution in [0.15, 0.2) is 12.2 Å². The normalized spacial score (nSPS) is 19.7. The maximum absolute atomic E-state index is 12.6. The first kappa shape index (κ1) is 19.2. The van der Waals surface area contributed by atoms with E-state index in [0.717, 1.165) is 10.4 Å². The van der Waals surface area contributed by atoms with Crippen molar-refractivity contribution >= 4 is 34.2 Å². The van der Waals surface area contributed by atoms with Crippen LogP contribution in [0.25, 0.3) is 0 Å². The second-order valence-electron chi connectivity index (χ2n) is 6.41. The Labute approximate surface area is 150 Å². The van der Waals surface area contributed by atoms with Gasteiger partial charge < -0.3 is 20.0 Å². The van der Waals surface area contributed by atoms with Gasteiger partial charge in [-0.3, -0.25) is 4.79 Å². The number of thiophene rings is 1. The monoisotopic (exact) mass is 364 g/mol. The number of nitrogens with one attached hydrogen (secondary N) is 1. The topological polar surface area (TPSA) is 95.5 Å². The molecule has 0 fully saturated rings. The molecule has 1 aromatic rings. The average Bonchev–Trinajstić information content (AvgIpc) is 2.80. The minimum absolute atomic E-state index is 0.269. The summed E-state index contributed by atoms with van der Waals surface area (Å²) in [7, 11) is 0. The number of allylic oxidation sites excluding steroid dienone is 2. The summed E-state index contributed by atoms with van der Waals surface area (Å²) in [5.41, 5.74) is 1.09. The number of amides is 1. The zero-order valence-corrected chi connectivity index (χ0v) is 15.6. The molecule has 1 aliphatic carbocycles. The molecule has 2 unspecified atom stereocenters. The van der Waals surface area contributed by atoms with Gasteiger partial charge in [0.25, 0.3) is 0 Å². The summed E-state index contributed by atoms with van der Waals surface area (Å²) in [6.45, 7) is 7.16. The van der Waals surface area contributed by atoms with Crippen molar-refractivity contribution in [3.8, 4) is 0 Å². The third-order valence-electron chi connectivity index (χ3n) is 4.24. The SMILES string of the molecule is Cc1sc(NC(=O)C2CC=CCC2C(=O)[O-])c(C(=O)OC(C)C)c1C. The minimum Gasteiger partial charge on any atom is -0.550 e. The predicted octanol–water partition coefficient (Wildman–Crippen LogP) is 2.20. The summed E-state index contributed by atoms with van der Waals surface area (Å²) < 4.78 is 5.26. The van der Waals surface area contributed by atoms with Gasteiger partial charge in [0, 0.05) is 16.8 Å². The first-order valence-corrected chi connectivity index (χ1v) is 9.01. The van der Waals surface area contributed by atoms with Crippen molar-refractivity contribution in [2.75, 3.05) is 5.32 Å². The molecular weight excluding hydrogens is 342 g/mol. The molecule has 2 atom stereocenters. The fourth-order valence-electron chi connectivity index (χ4n) is 2.80. The lowest BCUT2D eigenvalue weighted by Crippen LogP contribution is -2.41. The van der Waals surface area contributed by atoms with E-state index in [9.17, 15) is 19.5 Å². The highest BCUT2D eigenvalue weighted by Crippen LogP contribution is 2.35. The highest BCUT2D eigenvalue weighted by molar-refractivity contribution is 7.16. The molecule has 7 heteroatoms. The number of hydrogen-bond donors (Lipinski definition) is 1. The molecule has 0 aromatic carbocycles. The first-order chi connectivity index (χ1) is 11.7. The van der Waals surface area contributed by atoms with Crippen molar-refractivity contribution in [2.45, 2.75) is 46.6 Å². The molecule has 1 N–H and O–H groups in total. The number of ether oxygens (including phenoxy) is 1. The van der Waals surface area contributed by atoms with Gasteiger partial charge in [-0.2, -0.15) is 0 Å². The third kappa shape index (κ3) is 4.28. The van der Waals surface area contributed by atoms with Gasteiger partial charge in [0.2, 0.25) is 5.91 Å². The minimum atomic E-state index is -1.23. The van der Waals surface area contributed by atoms with E-state index < -0.39 is 29.7 Å². The smallest absolute Gasteiger partial charge is 0.341 e. The van der Waals surface area contributed by atoms with Gasteiger partial charge >= 0.3 is 5.97 Å². The van der Waals surface area contributed by atoms with E-state index in [-0.39, 0.29) is 12.5 Å². The summed E-state index contributed by atoms with van der Waals surface area (Å²) in [4.78, 5) is 37.2. The number of esters is 1. The van der Waals surface area contributed by atoms with Crippen molar-refractivity contribution in [2.24, 2.45) is 11.8 Å². The Morgan fingerprint density at radius 3 is 2.36 bits per heavy atom. The Morgan fingerprint density at radius 1 is 1.20 bits per heavy atom. The second kappa shape index (κ2) is 7.82. The summed E-state index contributed by atoms with van der Waals surface area (Å²) >= 11 is 1.28. The molecule has 0 bridgehead atoms. The number of carboxylic acid groups (broad SMARTS) is 1. The number of carboxylic acids is 1. The highest BCUT2D eigenvalue weighted by Gasteiger charge is 2.31. The summed E-state index contributed by atoms with van der Waals surface area (Å²) in [5.74, 6) is -3.72. The molecule has 1 amide bonds. The van der Waals surface area contributed by atoms with Crippen molar-refractivity contribution < 1.29 is 24.2 Å². The van der Waals surface area contributed by atoms with Gasteiger partial charge in [-0.1, -0.05) is 12.2 Å². The fourth-order valence-corrected chi connectivity index (χ4v) is 3.85. The summed E-state index contributed by atoms with van der Waals surface area (Å²) in [6, 6.07) is 0. The molecule has 2 rings (SSSR count). The van der Waals surface area contributed by atoms with E-state index in [1.54, 1.807) is 32.9 Å². The van der Waals surface area contributed by atoms with Crippen LogP contribution in [0.4, 0.5) is 5.00 Å². The van der Waals surface area contributed by atoms with Gasteiger partial charge in [-0.25, -0.2) is 4.79 Å². The number of carbonyl (C=O) groups excluding carboxylic acids is 3. The van der Waals surface area contributed by atoms with Gasteiger partial charge in [0.05, 0.1) is 17.6 Å². The number of hydrogen-bond acceptors (Lipinski definition) is 6. The highest BCUT2D eigenvalue weighted by atomic mass is 32.1. The molecule has 1 aromatic heterocycles. The number of aliphatic carboxylic acids is 1. The molecule has 0 saturated heterocycles. The van der Waals surface area contributed by atoms with E-state index in [1.807, 2.05) is 6.92 Å². The van der Waals surface area contributed by atoms with E-state index in [1.165, 1.54) is 11.3 Å². The molecule has 1 aliphatic rings. The van der Waals surface area contributed by atoms with Crippen LogP contribution in [0.2, 0.25) is 0 Å². The lowest BCUT2D eigenvalue weighted by Gasteiger charge is -2.28. The summed E-state index contributed by atoms with van der Waals surface area (Å²) in [5, 5.41) is 14.4. The van der Waals surface area contributed by atoms with Crippen LogP contribution in [-0.4, -0.2) is 23.9 Å². The van der Waals surface area contributed by atoms with Crippen molar-refractivity contribution in [3.63, 3.8) is 0 Å². The number of carbonyl (C=O) groups is 3. The van der Waals surface area contributed by atoms with E-state index in [4.69, 9.17) is 4.74 Å². The molecule has 1 heterocycles. The standard InChI is InChI=1S/C18H23NO5S/c1-9(2)24-18(23)14-10(3)11(4)25-16(14)19-15(20)12-7-5-6-8-13(12)17(21)22/h5-6,9,12-13H,7-8H2,1-4H3,(H,19,20)(H,21,22)/p-1. The predicted molar refractivity (Wildman–Crippen MR) is 93.3 cm³/mol. The van der Waals surface area contributed by atoms with Gasteiger partial charge in [-0.15, -0.1) is 11.3 Å². The maximum Gasteiger partial charge on any atom is 0.341 e. The second-order valence-corrected chi connectivity index (χ2v) is 7.63. The van der Waals surface area contributed by atoms with Crippen molar-refractivity contribution in [3.05, 3.63) is 28.2 Å². The van der Waals surface area contributed by atoms with Crippen LogP contribution in [0.3, 0.4) is 0 Å². The molecule has 25 heavy (non-hydrogen) atoms. The molecule has 0 spiro atoms. The van der Waals surface area contributed by atoms with E-state index in [2.05, 4.69) is 5.32 Å². The van der Waals surface area contributed by atoms with Crippen LogP contribution >= 0.6 is 11.3 Å². The van der Waals surface area contributed by atoms with E-state index in [0.29, 0.717) is 17.0 Å². The zero-order valence-electron chi connectivity index (χ0n) is 14.8. The molecule has 136 valence electrons. The zero-order chi connectivity index (χ0) is 18.7. The van der Waals surface area contributed by atoms with Gasteiger partial charge in [0.15, 0.2) is 0 Å².